The molecular formula is C9H7Cl3INO2. The molecule has 0 heterocycles. The van der Waals surface area contributed by atoms with E-state index in [1.54, 1.807) is 18.2 Å². The van der Waals surface area contributed by atoms with Gasteiger partial charge in [0.05, 0.1) is 0 Å². The maximum Gasteiger partial charge on any atom is 0.253 e. The van der Waals surface area contributed by atoms with Crippen LogP contribution in [0.5, 0.6) is 0 Å². The Morgan fingerprint density at radius 1 is 1.44 bits per heavy atom. The smallest absolute Gasteiger partial charge is 0.253 e. The number of hydrogen-bond donors (Lipinski definition) is 2. The molecule has 0 aliphatic rings. The summed E-state index contributed by atoms with van der Waals surface area (Å²) in [6.45, 7) is 0. The Kier molecular flexibility index (Phi) is 5.12. The molecule has 1 aromatic carbocycles. The number of alkyl halides is 3. The van der Waals surface area contributed by atoms with Gasteiger partial charge >= 0.3 is 0 Å². The number of rotatable bonds is 2. The SMILES string of the molecule is O=C(N[C@H](O)C(Cl)(Cl)Cl)c1cccc(I)c1. The summed E-state index contributed by atoms with van der Waals surface area (Å²) in [5.41, 5.74) is 0.389. The molecule has 1 aromatic rings. The van der Waals surface area contributed by atoms with Crippen molar-refractivity contribution in [2.24, 2.45) is 0 Å². The second-order valence-corrected chi connectivity index (χ2v) is 6.54. The number of carbonyl (C=O) groups excluding carboxylic acids is 1. The second kappa shape index (κ2) is 5.73. The van der Waals surface area contributed by atoms with E-state index in [2.05, 4.69) is 27.9 Å². The fourth-order valence-electron chi connectivity index (χ4n) is 0.919. The fourth-order valence-corrected chi connectivity index (χ4v) is 1.63. The molecule has 0 aromatic heterocycles. The van der Waals surface area contributed by atoms with E-state index in [1.165, 1.54) is 0 Å². The summed E-state index contributed by atoms with van der Waals surface area (Å²) >= 11 is 18.3. The number of aliphatic hydroxyl groups is 1. The van der Waals surface area contributed by atoms with Gasteiger partial charge in [0, 0.05) is 9.13 Å². The van der Waals surface area contributed by atoms with Crippen LogP contribution in [0.3, 0.4) is 0 Å². The van der Waals surface area contributed by atoms with Gasteiger partial charge in [-0.2, -0.15) is 0 Å². The lowest BCUT2D eigenvalue weighted by atomic mass is 10.2. The Morgan fingerprint density at radius 2 is 2.06 bits per heavy atom. The van der Waals surface area contributed by atoms with E-state index in [9.17, 15) is 9.90 Å². The standard InChI is InChI=1S/C9H7Cl3INO2/c10-9(11,12)8(16)14-7(15)5-2-1-3-6(13)4-5/h1-4,8,16H,(H,14,15)/t8-/m1/s1. The molecule has 0 radical (unpaired) electrons. The van der Waals surface area contributed by atoms with E-state index in [-0.39, 0.29) is 0 Å². The van der Waals surface area contributed by atoms with Gasteiger partial charge in [-0.05, 0) is 40.8 Å². The average molecular weight is 394 g/mol. The van der Waals surface area contributed by atoms with Gasteiger partial charge in [0.1, 0.15) is 0 Å². The highest BCUT2D eigenvalue weighted by Gasteiger charge is 2.32. The molecule has 16 heavy (non-hydrogen) atoms. The summed E-state index contributed by atoms with van der Waals surface area (Å²) in [7, 11) is 0. The molecule has 0 aliphatic heterocycles. The number of benzene rings is 1. The van der Waals surface area contributed by atoms with Crippen molar-refractivity contribution in [3.8, 4) is 0 Å². The van der Waals surface area contributed by atoms with Gasteiger partial charge < -0.3 is 10.4 Å². The minimum atomic E-state index is -1.95. The van der Waals surface area contributed by atoms with Crippen molar-refractivity contribution in [3.05, 3.63) is 33.4 Å². The average Bonchev–Trinajstić information content (AvgIpc) is 2.16. The first-order valence-corrected chi connectivity index (χ1v) is 6.33. The number of hydrogen-bond acceptors (Lipinski definition) is 2. The lowest BCUT2D eigenvalue weighted by Gasteiger charge is -2.19. The minimum absolute atomic E-state index is 0.389. The van der Waals surface area contributed by atoms with E-state index < -0.39 is 15.9 Å². The topological polar surface area (TPSA) is 49.3 Å². The number of carbonyl (C=O) groups is 1. The maximum atomic E-state index is 11.6. The van der Waals surface area contributed by atoms with E-state index >= 15 is 0 Å². The minimum Gasteiger partial charge on any atom is -0.369 e. The molecule has 0 bridgehead atoms. The third-order valence-corrected chi connectivity index (χ3v) is 2.96. The van der Waals surface area contributed by atoms with E-state index in [0.717, 1.165) is 3.57 Å². The predicted octanol–water partition coefficient (Wildman–Crippen LogP) is 2.71. The molecule has 1 rings (SSSR count). The van der Waals surface area contributed by atoms with Crippen LogP contribution in [0, 0.1) is 3.57 Å². The van der Waals surface area contributed by atoms with Crippen molar-refractivity contribution in [1.29, 1.82) is 0 Å². The lowest BCUT2D eigenvalue weighted by Crippen LogP contribution is -2.43. The van der Waals surface area contributed by atoms with Crippen LogP contribution in [0.1, 0.15) is 10.4 Å². The van der Waals surface area contributed by atoms with Crippen molar-refractivity contribution in [1.82, 2.24) is 5.32 Å². The van der Waals surface area contributed by atoms with Crippen LogP contribution >= 0.6 is 57.4 Å². The van der Waals surface area contributed by atoms with E-state index in [4.69, 9.17) is 34.8 Å². The van der Waals surface area contributed by atoms with Crippen molar-refractivity contribution >= 4 is 63.3 Å². The van der Waals surface area contributed by atoms with Crippen molar-refractivity contribution in [3.63, 3.8) is 0 Å². The summed E-state index contributed by atoms with van der Waals surface area (Å²) in [5, 5.41) is 11.5. The number of amides is 1. The molecule has 7 heteroatoms. The zero-order chi connectivity index (χ0) is 12.3. The number of aliphatic hydroxyl groups excluding tert-OH is 1. The van der Waals surface area contributed by atoms with Crippen molar-refractivity contribution in [2.75, 3.05) is 0 Å². The van der Waals surface area contributed by atoms with Crippen LogP contribution in [0.25, 0.3) is 0 Å². The normalized spacial score (nSPS) is 13.3. The largest absolute Gasteiger partial charge is 0.369 e. The molecule has 0 aliphatic carbocycles. The zero-order valence-corrected chi connectivity index (χ0v) is 12.2. The highest BCUT2D eigenvalue weighted by molar-refractivity contribution is 14.1. The van der Waals surface area contributed by atoms with E-state index in [1.807, 2.05) is 6.07 Å². The third kappa shape index (κ3) is 4.25. The fraction of sp³-hybridized carbons (Fsp3) is 0.222. The molecule has 1 amide bonds. The highest BCUT2D eigenvalue weighted by atomic mass is 127. The van der Waals surface area contributed by atoms with Crippen LogP contribution in [-0.2, 0) is 0 Å². The summed E-state index contributed by atoms with van der Waals surface area (Å²) in [4.78, 5) is 11.6. The third-order valence-electron chi connectivity index (χ3n) is 1.66. The molecule has 0 unspecified atom stereocenters. The summed E-state index contributed by atoms with van der Waals surface area (Å²) in [6, 6.07) is 6.81. The lowest BCUT2D eigenvalue weighted by molar-refractivity contribution is 0.0791. The van der Waals surface area contributed by atoms with Crippen LogP contribution < -0.4 is 5.32 Å². The molecule has 3 nitrogen and oxygen atoms in total. The molecule has 88 valence electrons. The van der Waals surface area contributed by atoms with Gasteiger partial charge in [-0.15, -0.1) is 0 Å². The van der Waals surface area contributed by atoms with Gasteiger partial charge in [0.2, 0.25) is 3.79 Å². The van der Waals surface area contributed by atoms with Gasteiger partial charge in [0.25, 0.3) is 5.91 Å². The Morgan fingerprint density at radius 3 is 2.56 bits per heavy atom. The zero-order valence-electron chi connectivity index (χ0n) is 7.75. The van der Waals surface area contributed by atoms with E-state index in [0.29, 0.717) is 5.56 Å². The van der Waals surface area contributed by atoms with Crippen LogP contribution in [-0.4, -0.2) is 21.0 Å². The number of halogens is 4. The summed E-state index contributed by atoms with van der Waals surface area (Å²) in [6.07, 6.45) is -1.55. The summed E-state index contributed by atoms with van der Waals surface area (Å²) < 4.78 is -1.05. The quantitative estimate of drug-likeness (QED) is 0.460. The first-order valence-electron chi connectivity index (χ1n) is 4.12. The Labute approximate surface area is 121 Å². The molecule has 0 fully saturated rings. The molecule has 1 atom stereocenters. The molecule has 0 saturated carbocycles. The molecule has 0 saturated heterocycles. The van der Waals surface area contributed by atoms with Crippen molar-refractivity contribution < 1.29 is 9.90 Å². The molecular weight excluding hydrogens is 387 g/mol. The highest BCUT2D eigenvalue weighted by Crippen LogP contribution is 2.29. The first-order chi connectivity index (χ1) is 7.30. The number of nitrogens with one attached hydrogen (secondary N) is 1. The van der Waals surface area contributed by atoms with Crippen LogP contribution in [0.15, 0.2) is 24.3 Å². The monoisotopic (exact) mass is 393 g/mol. The van der Waals surface area contributed by atoms with Crippen LogP contribution in [0.4, 0.5) is 0 Å². The maximum absolute atomic E-state index is 11.6. The Bertz CT molecular complexity index is 395. The van der Waals surface area contributed by atoms with Gasteiger partial charge in [0.15, 0.2) is 6.23 Å². The molecule has 0 spiro atoms. The van der Waals surface area contributed by atoms with Gasteiger partial charge in [-0.1, -0.05) is 40.9 Å². The van der Waals surface area contributed by atoms with Gasteiger partial charge in [-0.25, -0.2) is 0 Å². The Hall–Kier alpha value is 0.250. The summed E-state index contributed by atoms with van der Waals surface area (Å²) in [5.74, 6) is -0.502. The Balaban J connectivity index is 2.74. The van der Waals surface area contributed by atoms with Crippen molar-refractivity contribution in [2.45, 2.75) is 10.0 Å². The molecule has 2 N–H and O–H groups in total. The van der Waals surface area contributed by atoms with Gasteiger partial charge in [-0.3, -0.25) is 4.79 Å². The first kappa shape index (κ1) is 14.3. The second-order valence-electron chi connectivity index (χ2n) is 2.93. The predicted molar refractivity (Wildman–Crippen MR) is 72.9 cm³/mol. The van der Waals surface area contributed by atoms with Crippen LogP contribution in [0.2, 0.25) is 0 Å².